The van der Waals surface area contributed by atoms with Crippen LogP contribution in [0.1, 0.15) is 23.2 Å². The molecule has 0 bridgehead atoms. The first-order valence-corrected chi connectivity index (χ1v) is 8.64. The molecule has 20 heavy (non-hydrogen) atoms. The predicted octanol–water partition coefficient (Wildman–Crippen LogP) is 2.86. The van der Waals surface area contributed by atoms with Gasteiger partial charge in [0.25, 0.3) is 0 Å². The normalized spacial score (nSPS) is 22.3. The van der Waals surface area contributed by atoms with Gasteiger partial charge in [-0.05, 0) is 19.1 Å². The summed E-state index contributed by atoms with van der Waals surface area (Å²) in [5.74, 6) is 3.54. The molecule has 1 N–H and O–H groups in total. The second kappa shape index (κ2) is 6.20. The minimum absolute atomic E-state index is 0.00868. The van der Waals surface area contributed by atoms with Gasteiger partial charge in [-0.3, -0.25) is 0 Å². The first kappa shape index (κ1) is 14.0. The van der Waals surface area contributed by atoms with Gasteiger partial charge in [-0.15, -0.1) is 11.8 Å². The molecule has 1 aromatic carbocycles. The van der Waals surface area contributed by atoms with Crippen molar-refractivity contribution < 1.29 is 9.63 Å². The summed E-state index contributed by atoms with van der Waals surface area (Å²) in [6.45, 7) is 2.07. The Balaban J connectivity index is 1.61. The SMILES string of the molecule is Cc1ccc(SCc2noc(C3CSCC3O)n2)cc1. The van der Waals surface area contributed by atoms with Gasteiger partial charge in [0.1, 0.15) is 0 Å². The maximum Gasteiger partial charge on any atom is 0.233 e. The molecule has 1 aliphatic rings. The van der Waals surface area contributed by atoms with E-state index < -0.39 is 0 Å². The van der Waals surface area contributed by atoms with E-state index >= 15 is 0 Å². The highest BCUT2D eigenvalue weighted by molar-refractivity contribution is 7.99. The fourth-order valence-electron chi connectivity index (χ4n) is 2.04. The molecule has 1 fully saturated rings. The molecule has 2 unspecified atom stereocenters. The highest BCUT2D eigenvalue weighted by Gasteiger charge is 2.31. The van der Waals surface area contributed by atoms with Crippen LogP contribution in [0, 0.1) is 6.92 Å². The lowest BCUT2D eigenvalue weighted by atomic mass is 10.1. The summed E-state index contributed by atoms with van der Waals surface area (Å²) in [6, 6.07) is 8.38. The number of aromatic nitrogens is 2. The van der Waals surface area contributed by atoms with Crippen LogP contribution in [0.2, 0.25) is 0 Å². The quantitative estimate of drug-likeness (QED) is 0.877. The Labute approximate surface area is 126 Å². The summed E-state index contributed by atoms with van der Waals surface area (Å²) in [6.07, 6.45) is -0.363. The monoisotopic (exact) mass is 308 g/mol. The predicted molar refractivity (Wildman–Crippen MR) is 81.1 cm³/mol. The van der Waals surface area contributed by atoms with Gasteiger partial charge in [-0.25, -0.2) is 0 Å². The van der Waals surface area contributed by atoms with Crippen molar-refractivity contribution in [2.75, 3.05) is 11.5 Å². The van der Waals surface area contributed by atoms with Gasteiger partial charge >= 0.3 is 0 Å². The van der Waals surface area contributed by atoms with Crippen molar-refractivity contribution in [2.24, 2.45) is 0 Å². The number of rotatable bonds is 4. The fourth-order valence-corrected chi connectivity index (χ4v) is 4.01. The zero-order valence-corrected chi connectivity index (χ0v) is 12.8. The second-order valence-corrected chi connectivity index (χ2v) is 6.99. The number of hydrogen-bond acceptors (Lipinski definition) is 6. The number of nitrogens with zero attached hydrogens (tertiary/aromatic N) is 2. The maximum atomic E-state index is 9.83. The first-order valence-electron chi connectivity index (χ1n) is 6.50. The fraction of sp³-hybridized carbons (Fsp3) is 0.429. The molecule has 1 saturated heterocycles. The van der Waals surface area contributed by atoms with Crippen molar-refractivity contribution in [3.8, 4) is 0 Å². The lowest BCUT2D eigenvalue weighted by Gasteiger charge is -2.06. The van der Waals surface area contributed by atoms with E-state index in [1.165, 1.54) is 10.5 Å². The third kappa shape index (κ3) is 3.19. The van der Waals surface area contributed by atoms with E-state index in [4.69, 9.17) is 4.52 Å². The highest BCUT2D eigenvalue weighted by atomic mass is 32.2. The van der Waals surface area contributed by atoms with Crippen LogP contribution in [-0.2, 0) is 5.75 Å². The number of benzene rings is 1. The molecule has 2 heterocycles. The van der Waals surface area contributed by atoms with Gasteiger partial charge in [0.15, 0.2) is 5.82 Å². The van der Waals surface area contributed by atoms with E-state index in [0.717, 1.165) is 11.5 Å². The molecule has 6 heteroatoms. The molecule has 4 nitrogen and oxygen atoms in total. The highest BCUT2D eigenvalue weighted by Crippen LogP contribution is 2.32. The van der Waals surface area contributed by atoms with Crippen LogP contribution in [0.5, 0.6) is 0 Å². The van der Waals surface area contributed by atoms with Crippen molar-refractivity contribution in [1.29, 1.82) is 0 Å². The van der Waals surface area contributed by atoms with Crippen LogP contribution < -0.4 is 0 Å². The largest absolute Gasteiger partial charge is 0.391 e. The second-order valence-electron chi connectivity index (χ2n) is 4.86. The number of aliphatic hydroxyl groups is 1. The Morgan fingerprint density at radius 1 is 1.35 bits per heavy atom. The van der Waals surface area contributed by atoms with Crippen LogP contribution in [0.4, 0.5) is 0 Å². The van der Waals surface area contributed by atoms with Crippen LogP contribution >= 0.6 is 23.5 Å². The van der Waals surface area contributed by atoms with E-state index in [0.29, 0.717) is 17.5 Å². The Morgan fingerprint density at radius 3 is 2.85 bits per heavy atom. The number of aliphatic hydroxyl groups excluding tert-OH is 1. The van der Waals surface area contributed by atoms with E-state index in [2.05, 4.69) is 41.3 Å². The lowest BCUT2D eigenvalue weighted by Crippen LogP contribution is -2.15. The van der Waals surface area contributed by atoms with Gasteiger partial charge in [0.05, 0.1) is 17.8 Å². The molecule has 2 atom stereocenters. The molecule has 1 aliphatic heterocycles. The van der Waals surface area contributed by atoms with Crippen molar-refractivity contribution in [3.63, 3.8) is 0 Å². The third-order valence-electron chi connectivity index (χ3n) is 3.24. The van der Waals surface area contributed by atoms with E-state index in [1.807, 2.05) is 0 Å². The number of thioether (sulfide) groups is 2. The summed E-state index contributed by atoms with van der Waals surface area (Å²) in [5.41, 5.74) is 1.25. The molecule has 1 aromatic heterocycles. The Morgan fingerprint density at radius 2 is 2.15 bits per heavy atom. The Kier molecular flexibility index (Phi) is 4.33. The first-order chi connectivity index (χ1) is 9.72. The van der Waals surface area contributed by atoms with E-state index in [-0.39, 0.29) is 12.0 Å². The smallest absolute Gasteiger partial charge is 0.233 e. The average molecular weight is 308 g/mol. The van der Waals surface area contributed by atoms with Gasteiger partial charge < -0.3 is 9.63 Å². The van der Waals surface area contributed by atoms with Crippen LogP contribution in [0.25, 0.3) is 0 Å². The number of hydrogen-bond donors (Lipinski definition) is 1. The van der Waals surface area contributed by atoms with Gasteiger partial charge in [-0.2, -0.15) is 16.7 Å². The summed E-state index contributed by atoms with van der Waals surface area (Å²) >= 11 is 3.41. The average Bonchev–Trinajstić information content (AvgIpc) is 3.06. The summed E-state index contributed by atoms with van der Waals surface area (Å²) in [7, 11) is 0. The molecule has 3 rings (SSSR count). The molecule has 0 saturated carbocycles. The lowest BCUT2D eigenvalue weighted by molar-refractivity contribution is 0.164. The zero-order valence-electron chi connectivity index (χ0n) is 11.2. The van der Waals surface area contributed by atoms with Crippen LogP contribution in [0.3, 0.4) is 0 Å². The standard InChI is InChI=1S/C14H16N2O2S2/c1-9-2-4-10(5-3-9)20-8-13-15-14(18-16-13)11-6-19-7-12(11)17/h2-5,11-12,17H,6-8H2,1H3. The van der Waals surface area contributed by atoms with Crippen LogP contribution in [0.15, 0.2) is 33.7 Å². The van der Waals surface area contributed by atoms with Crippen molar-refractivity contribution in [3.05, 3.63) is 41.5 Å². The van der Waals surface area contributed by atoms with Gasteiger partial charge in [0, 0.05) is 16.4 Å². The van der Waals surface area contributed by atoms with Gasteiger partial charge in [0.2, 0.25) is 5.89 Å². The molecule has 2 aromatic rings. The molecule has 0 spiro atoms. The molecule has 106 valence electrons. The van der Waals surface area contributed by atoms with Gasteiger partial charge in [-0.1, -0.05) is 22.9 Å². The maximum absolute atomic E-state index is 9.83. The summed E-state index contributed by atoms with van der Waals surface area (Å²) in [4.78, 5) is 5.60. The molecule has 0 aliphatic carbocycles. The Hall–Kier alpha value is -0.980. The molecular formula is C14H16N2O2S2. The molecule has 0 radical (unpaired) electrons. The minimum Gasteiger partial charge on any atom is -0.391 e. The topological polar surface area (TPSA) is 59.2 Å². The molecule has 0 amide bonds. The van der Waals surface area contributed by atoms with E-state index in [9.17, 15) is 5.11 Å². The summed E-state index contributed by atoms with van der Waals surface area (Å²) < 4.78 is 5.28. The summed E-state index contributed by atoms with van der Waals surface area (Å²) in [5, 5.41) is 13.8. The Bertz CT molecular complexity index is 571. The van der Waals surface area contributed by atoms with Crippen molar-refractivity contribution in [1.82, 2.24) is 10.1 Å². The molecular weight excluding hydrogens is 292 g/mol. The third-order valence-corrected chi connectivity index (χ3v) is 5.42. The van der Waals surface area contributed by atoms with Crippen molar-refractivity contribution in [2.45, 2.75) is 29.6 Å². The van der Waals surface area contributed by atoms with Crippen molar-refractivity contribution >= 4 is 23.5 Å². The zero-order chi connectivity index (χ0) is 13.9. The minimum atomic E-state index is -0.363. The van der Waals surface area contributed by atoms with E-state index in [1.54, 1.807) is 23.5 Å². The number of aryl methyl sites for hydroxylation is 1. The van der Waals surface area contributed by atoms with Crippen LogP contribution in [-0.4, -0.2) is 32.9 Å².